The van der Waals surface area contributed by atoms with Crippen molar-refractivity contribution in [2.75, 3.05) is 4.90 Å². The van der Waals surface area contributed by atoms with Crippen LogP contribution in [0.4, 0.5) is 10.8 Å². The second-order valence-electron chi connectivity index (χ2n) is 9.27. The number of thiazole rings is 1. The van der Waals surface area contributed by atoms with Gasteiger partial charge in [-0.2, -0.15) is 0 Å². The number of hydrogen-bond acceptors (Lipinski definition) is 7. The molecule has 1 amide bonds. The molecule has 0 bridgehead atoms. The number of hydrogen-bond donors (Lipinski definition) is 1. The van der Waals surface area contributed by atoms with Crippen LogP contribution in [0.1, 0.15) is 48.1 Å². The lowest BCUT2D eigenvalue weighted by molar-refractivity contribution is -0.384. The van der Waals surface area contributed by atoms with Gasteiger partial charge in [-0.25, -0.2) is 4.98 Å². The van der Waals surface area contributed by atoms with Gasteiger partial charge in [-0.05, 0) is 36.1 Å². The summed E-state index contributed by atoms with van der Waals surface area (Å²) in [6.45, 7) is 6.07. The Bertz CT molecular complexity index is 1620. The molecule has 2 heterocycles. The normalized spacial score (nSPS) is 17.2. The smallest absolute Gasteiger partial charge is 0.301 e. The van der Waals surface area contributed by atoms with Gasteiger partial charge in [-0.15, -0.1) is 0 Å². The van der Waals surface area contributed by atoms with E-state index in [-0.39, 0.29) is 16.8 Å². The molecule has 186 valence electrons. The standard InChI is InChI=1S/C28H23N3O5S/c1-15(2)17-10-11-21-22(14-17)37-28(29-21)30-24(18-7-4-6-16(3)12-18)23(26(33)27(30)34)25(32)19-8-5-9-20(13-19)31(35)36/h4-15,24,32H,1-3H3/b25-23+. The quantitative estimate of drug-likeness (QED) is 0.111. The van der Waals surface area contributed by atoms with Gasteiger partial charge >= 0.3 is 5.91 Å². The van der Waals surface area contributed by atoms with Crippen molar-refractivity contribution in [3.8, 4) is 0 Å². The number of carbonyl (C=O) groups is 2. The van der Waals surface area contributed by atoms with Crippen LogP contribution in [0.2, 0.25) is 0 Å². The summed E-state index contributed by atoms with van der Waals surface area (Å²) in [5.41, 5.74) is 3.06. The van der Waals surface area contributed by atoms with Crippen molar-refractivity contribution in [1.29, 1.82) is 0 Å². The monoisotopic (exact) mass is 513 g/mol. The van der Waals surface area contributed by atoms with E-state index in [2.05, 4.69) is 18.8 Å². The van der Waals surface area contributed by atoms with Crippen LogP contribution in [0.3, 0.4) is 0 Å². The number of anilines is 1. The minimum atomic E-state index is -0.954. The summed E-state index contributed by atoms with van der Waals surface area (Å²) in [5, 5.41) is 22.9. The van der Waals surface area contributed by atoms with Gasteiger partial charge in [0.1, 0.15) is 5.76 Å². The maximum absolute atomic E-state index is 13.4. The molecule has 0 radical (unpaired) electrons. The number of aryl methyl sites for hydroxylation is 1. The van der Waals surface area contributed by atoms with E-state index in [1.54, 1.807) is 6.07 Å². The van der Waals surface area contributed by atoms with E-state index >= 15 is 0 Å². The van der Waals surface area contributed by atoms with Crippen LogP contribution in [-0.4, -0.2) is 26.7 Å². The zero-order valence-electron chi connectivity index (χ0n) is 20.3. The predicted octanol–water partition coefficient (Wildman–Crippen LogP) is 6.26. The highest BCUT2D eigenvalue weighted by atomic mass is 32.1. The molecule has 1 saturated heterocycles. The van der Waals surface area contributed by atoms with Gasteiger partial charge in [0.25, 0.3) is 11.5 Å². The average Bonchev–Trinajstić information content (AvgIpc) is 3.41. The zero-order chi connectivity index (χ0) is 26.4. The summed E-state index contributed by atoms with van der Waals surface area (Å²) in [5.74, 6) is -1.86. The summed E-state index contributed by atoms with van der Waals surface area (Å²) in [4.78, 5) is 43.5. The van der Waals surface area contributed by atoms with Gasteiger partial charge in [0.15, 0.2) is 5.13 Å². The van der Waals surface area contributed by atoms with Gasteiger partial charge in [0, 0.05) is 17.7 Å². The van der Waals surface area contributed by atoms with Crippen LogP contribution in [0.25, 0.3) is 16.0 Å². The molecule has 0 saturated carbocycles. The van der Waals surface area contributed by atoms with Crippen LogP contribution in [0, 0.1) is 17.0 Å². The average molecular weight is 514 g/mol. The number of amides is 1. The highest BCUT2D eigenvalue weighted by Crippen LogP contribution is 2.44. The predicted molar refractivity (Wildman–Crippen MR) is 143 cm³/mol. The first-order valence-corrected chi connectivity index (χ1v) is 12.5. The molecule has 37 heavy (non-hydrogen) atoms. The number of fused-ring (bicyclic) bond motifs is 1. The van der Waals surface area contributed by atoms with Crippen molar-refractivity contribution in [2.45, 2.75) is 32.7 Å². The molecule has 1 atom stereocenters. The fourth-order valence-electron chi connectivity index (χ4n) is 4.50. The second-order valence-corrected chi connectivity index (χ2v) is 10.3. The van der Waals surface area contributed by atoms with Crippen molar-refractivity contribution < 1.29 is 19.6 Å². The molecule has 0 spiro atoms. The van der Waals surface area contributed by atoms with E-state index in [9.17, 15) is 24.8 Å². The Morgan fingerprint density at radius 1 is 1.08 bits per heavy atom. The lowest BCUT2D eigenvalue weighted by Gasteiger charge is -2.23. The fraction of sp³-hybridized carbons (Fsp3) is 0.179. The Balaban J connectivity index is 1.72. The van der Waals surface area contributed by atoms with Crippen molar-refractivity contribution in [3.63, 3.8) is 0 Å². The molecule has 1 aliphatic rings. The Morgan fingerprint density at radius 3 is 2.54 bits per heavy atom. The van der Waals surface area contributed by atoms with Gasteiger partial charge in [-0.3, -0.25) is 24.6 Å². The Hall–Kier alpha value is -4.37. The van der Waals surface area contributed by atoms with Gasteiger partial charge in [0.2, 0.25) is 0 Å². The number of carbonyl (C=O) groups excluding carboxylic acids is 2. The maximum Gasteiger partial charge on any atom is 0.301 e. The summed E-state index contributed by atoms with van der Waals surface area (Å²) < 4.78 is 0.879. The van der Waals surface area contributed by atoms with Crippen molar-refractivity contribution >= 4 is 49.8 Å². The largest absolute Gasteiger partial charge is 0.507 e. The number of aromatic nitrogens is 1. The second kappa shape index (κ2) is 9.25. The molecule has 5 rings (SSSR count). The van der Waals surface area contributed by atoms with Gasteiger partial charge < -0.3 is 5.11 Å². The number of Topliss-reactive ketones (excluding diaryl/α,β-unsaturated/α-hetero) is 1. The molecule has 1 aliphatic heterocycles. The minimum absolute atomic E-state index is 0.0794. The van der Waals surface area contributed by atoms with E-state index < -0.39 is 28.4 Å². The molecule has 1 aromatic heterocycles. The molecule has 1 unspecified atom stereocenters. The summed E-state index contributed by atoms with van der Waals surface area (Å²) >= 11 is 1.30. The van der Waals surface area contributed by atoms with E-state index in [0.717, 1.165) is 15.8 Å². The van der Waals surface area contributed by atoms with Crippen molar-refractivity contribution in [3.05, 3.63) is 105 Å². The third-order valence-electron chi connectivity index (χ3n) is 6.41. The molecule has 8 nitrogen and oxygen atoms in total. The summed E-state index contributed by atoms with van der Waals surface area (Å²) in [6, 6.07) is 17.6. The van der Waals surface area contributed by atoms with Gasteiger partial charge in [-0.1, -0.05) is 73.2 Å². The SMILES string of the molecule is Cc1cccc(C2/C(=C(\O)c3cccc([N+](=O)[O-])c3)C(=O)C(=O)N2c2nc3ccc(C(C)C)cc3s2)c1. The van der Waals surface area contributed by atoms with E-state index in [4.69, 9.17) is 0 Å². The number of aliphatic hydroxyl groups excluding tert-OH is 1. The van der Waals surface area contributed by atoms with E-state index in [0.29, 0.717) is 22.1 Å². The van der Waals surface area contributed by atoms with Crippen LogP contribution in [0.15, 0.2) is 72.3 Å². The van der Waals surface area contributed by atoms with Gasteiger partial charge in [0.05, 0.1) is 26.8 Å². The van der Waals surface area contributed by atoms with Crippen molar-refractivity contribution in [2.24, 2.45) is 0 Å². The minimum Gasteiger partial charge on any atom is -0.507 e. The van der Waals surface area contributed by atoms with E-state index in [1.807, 2.05) is 43.3 Å². The number of nitrogens with zero attached hydrogens (tertiary/aromatic N) is 3. The molecule has 9 heteroatoms. The molecule has 3 aromatic carbocycles. The highest BCUT2D eigenvalue weighted by Gasteiger charge is 2.48. The van der Waals surface area contributed by atoms with Crippen LogP contribution in [-0.2, 0) is 9.59 Å². The first-order chi connectivity index (χ1) is 17.7. The molecule has 1 N–H and O–H groups in total. The summed E-state index contributed by atoms with van der Waals surface area (Å²) in [7, 11) is 0. The third kappa shape index (κ3) is 4.27. The number of ketones is 1. The summed E-state index contributed by atoms with van der Waals surface area (Å²) in [6.07, 6.45) is 0. The van der Waals surface area contributed by atoms with Crippen molar-refractivity contribution in [1.82, 2.24) is 4.98 Å². The van der Waals surface area contributed by atoms with Crippen LogP contribution in [0.5, 0.6) is 0 Å². The van der Waals surface area contributed by atoms with Crippen LogP contribution >= 0.6 is 11.3 Å². The lowest BCUT2D eigenvalue weighted by atomic mass is 9.94. The Kier molecular flexibility index (Phi) is 6.08. The Morgan fingerprint density at radius 2 is 1.84 bits per heavy atom. The zero-order valence-corrected chi connectivity index (χ0v) is 21.2. The molecule has 0 aliphatic carbocycles. The lowest BCUT2D eigenvalue weighted by Crippen LogP contribution is -2.29. The topological polar surface area (TPSA) is 114 Å². The molecular weight excluding hydrogens is 490 g/mol. The maximum atomic E-state index is 13.4. The molecule has 4 aromatic rings. The number of non-ortho nitro benzene ring substituents is 1. The number of rotatable bonds is 5. The number of aliphatic hydroxyl groups is 1. The molecular formula is C28H23N3O5S. The fourth-order valence-corrected chi connectivity index (χ4v) is 5.54. The van der Waals surface area contributed by atoms with Crippen LogP contribution < -0.4 is 4.90 Å². The highest BCUT2D eigenvalue weighted by molar-refractivity contribution is 7.22. The van der Waals surface area contributed by atoms with E-state index in [1.165, 1.54) is 40.5 Å². The Labute approximate surface area is 216 Å². The number of nitro benzene ring substituents is 1. The third-order valence-corrected chi connectivity index (χ3v) is 7.42. The number of benzene rings is 3. The molecule has 1 fully saturated rings. The first-order valence-electron chi connectivity index (χ1n) is 11.7. The number of nitro groups is 1. The first kappa shape index (κ1) is 24.3.